The van der Waals surface area contributed by atoms with Gasteiger partial charge >= 0.3 is 0 Å². The van der Waals surface area contributed by atoms with E-state index in [4.69, 9.17) is 0 Å². The molecule has 0 rings (SSSR count). The fraction of sp³-hybridized carbons (Fsp3) is 0.714. The summed E-state index contributed by atoms with van der Waals surface area (Å²) in [4.78, 5) is 2.47. The first-order valence-electron chi connectivity index (χ1n) is 5.88. The highest BCUT2D eigenvalue weighted by atomic mass is 15.2. The number of allylic oxidation sites excluding steroid dienone is 3. The van der Waals surface area contributed by atoms with Crippen LogP contribution in [0.2, 0.25) is 0 Å². The van der Waals surface area contributed by atoms with Crippen LogP contribution in [0, 0.1) is 0 Å². The lowest BCUT2D eigenvalue weighted by molar-refractivity contribution is 0.187. The van der Waals surface area contributed by atoms with Crippen LogP contribution in [0.25, 0.3) is 0 Å². The van der Waals surface area contributed by atoms with E-state index in [0.29, 0.717) is 0 Å². The molecule has 1 heteroatoms. The van der Waals surface area contributed by atoms with Gasteiger partial charge in [0.1, 0.15) is 0 Å². The van der Waals surface area contributed by atoms with Crippen molar-refractivity contribution in [2.75, 3.05) is 6.54 Å². The van der Waals surface area contributed by atoms with Crippen molar-refractivity contribution in [2.45, 2.75) is 60.4 Å². The van der Waals surface area contributed by atoms with Crippen LogP contribution in [0.15, 0.2) is 23.4 Å². The minimum atomic E-state index is 0.191. The molecule has 0 aromatic heterocycles. The first kappa shape index (κ1) is 14.3. The molecule has 1 nitrogen and oxygen atoms in total. The molecule has 0 aliphatic heterocycles. The van der Waals surface area contributed by atoms with Gasteiger partial charge in [-0.15, -0.1) is 0 Å². The summed E-state index contributed by atoms with van der Waals surface area (Å²) in [7, 11) is 0. The standard InChI is InChI=1S/C14H27N/c1-9-13(12(5)11(3)4)15(10-2)14(6,7)8/h3,9-10H2,1-2,4-8H3/b13-12-. The fourth-order valence-electron chi connectivity index (χ4n) is 1.97. The molecule has 0 aromatic carbocycles. The van der Waals surface area contributed by atoms with E-state index in [0.717, 1.165) is 13.0 Å². The summed E-state index contributed by atoms with van der Waals surface area (Å²) in [6, 6.07) is 0. The monoisotopic (exact) mass is 209 g/mol. The third-order valence-electron chi connectivity index (χ3n) is 2.86. The van der Waals surface area contributed by atoms with Crippen LogP contribution in [-0.4, -0.2) is 17.0 Å². The van der Waals surface area contributed by atoms with Gasteiger partial charge in [0, 0.05) is 17.8 Å². The van der Waals surface area contributed by atoms with Gasteiger partial charge in [-0.1, -0.05) is 19.1 Å². The highest BCUT2D eigenvalue weighted by Gasteiger charge is 2.22. The maximum Gasteiger partial charge on any atom is 0.0314 e. The largest absolute Gasteiger partial charge is 0.370 e. The molecular weight excluding hydrogens is 182 g/mol. The van der Waals surface area contributed by atoms with Crippen molar-refractivity contribution in [3.63, 3.8) is 0 Å². The van der Waals surface area contributed by atoms with Crippen molar-refractivity contribution in [3.05, 3.63) is 23.4 Å². The number of nitrogens with zero attached hydrogens (tertiary/aromatic N) is 1. The Balaban J connectivity index is 5.28. The highest BCUT2D eigenvalue weighted by molar-refractivity contribution is 5.29. The van der Waals surface area contributed by atoms with E-state index in [1.54, 1.807) is 0 Å². The van der Waals surface area contributed by atoms with Gasteiger partial charge < -0.3 is 4.90 Å². The van der Waals surface area contributed by atoms with Gasteiger partial charge in [0.05, 0.1) is 0 Å². The van der Waals surface area contributed by atoms with Crippen LogP contribution in [0.4, 0.5) is 0 Å². The van der Waals surface area contributed by atoms with Gasteiger partial charge in [-0.05, 0) is 53.5 Å². The minimum absolute atomic E-state index is 0.191. The molecule has 0 unspecified atom stereocenters. The van der Waals surface area contributed by atoms with Gasteiger partial charge in [0.2, 0.25) is 0 Å². The summed E-state index contributed by atoms with van der Waals surface area (Å²) in [5, 5.41) is 0. The Labute approximate surface area is 95.9 Å². The molecule has 0 spiro atoms. The van der Waals surface area contributed by atoms with Gasteiger partial charge in [0.25, 0.3) is 0 Å². The van der Waals surface area contributed by atoms with Crippen LogP contribution >= 0.6 is 0 Å². The summed E-state index contributed by atoms with van der Waals surface area (Å²) in [6.45, 7) is 20.6. The normalized spacial score (nSPS) is 13.5. The Hall–Kier alpha value is -0.720. The van der Waals surface area contributed by atoms with Crippen LogP contribution in [0.3, 0.4) is 0 Å². The average molecular weight is 209 g/mol. The predicted octanol–water partition coefficient (Wildman–Crippen LogP) is 4.37. The van der Waals surface area contributed by atoms with E-state index >= 15 is 0 Å². The van der Waals surface area contributed by atoms with Gasteiger partial charge in [-0.25, -0.2) is 0 Å². The smallest absolute Gasteiger partial charge is 0.0314 e. The lowest BCUT2D eigenvalue weighted by Crippen LogP contribution is -2.40. The van der Waals surface area contributed by atoms with Crippen molar-refractivity contribution in [1.29, 1.82) is 0 Å². The first-order valence-corrected chi connectivity index (χ1v) is 5.88. The van der Waals surface area contributed by atoms with Crippen LogP contribution in [-0.2, 0) is 0 Å². The summed E-state index contributed by atoms with van der Waals surface area (Å²) in [6.07, 6.45) is 1.07. The molecule has 0 fully saturated rings. The highest BCUT2D eigenvalue weighted by Crippen LogP contribution is 2.26. The molecule has 88 valence electrons. The molecule has 0 amide bonds. The topological polar surface area (TPSA) is 3.24 Å². The summed E-state index contributed by atoms with van der Waals surface area (Å²) < 4.78 is 0. The average Bonchev–Trinajstić information content (AvgIpc) is 2.10. The Morgan fingerprint density at radius 1 is 1.13 bits per heavy atom. The maximum absolute atomic E-state index is 4.04. The van der Waals surface area contributed by atoms with Crippen molar-refractivity contribution in [3.8, 4) is 0 Å². The van der Waals surface area contributed by atoms with E-state index in [9.17, 15) is 0 Å². The van der Waals surface area contributed by atoms with Crippen LogP contribution in [0.5, 0.6) is 0 Å². The minimum Gasteiger partial charge on any atom is -0.370 e. The zero-order valence-electron chi connectivity index (χ0n) is 11.6. The van der Waals surface area contributed by atoms with Crippen molar-refractivity contribution < 1.29 is 0 Å². The molecule has 0 saturated heterocycles. The van der Waals surface area contributed by atoms with Gasteiger partial charge in [0.15, 0.2) is 0 Å². The molecule has 0 atom stereocenters. The third-order valence-corrected chi connectivity index (χ3v) is 2.86. The van der Waals surface area contributed by atoms with E-state index in [-0.39, 0.29) is 5.54 Å². The summed E-state index contributed by atoms with van der Waals surface area (Å²) in [5.41, 5.74) is 4.14. The molecule has 0 bridgehead atoms. The molecule has 0 radical (unpaired) electrons. The molecule has 0 aliphatic rings. The molecule has 15 heavy (non-hydrogen) atoms. The maximum atomic E-state index is 4.04. The van der Waals surface area contributed by atoms with E-state index in [2.05, 4.69) is 59.9 Å². The SMILES string of the molecule is C=C(C)/C(C)=C(/CC)N(CC)C(C)(C)C. The third kappa shape index (κ3) is 3.73. The summed E-state index contributed by atoms with van der Waals surface area (Å²) in [5.74, 6) is 0. The molecule has 0 aromatic rings. The predicted molar refractivity (Wildman–Crippen MR) is 69.9 cm³/mol. The second kappa shape index (κ2) is 5.39. The van der Waals surface area contributed by atoms with Crippen molar-refractivity contribution in [2.24, 2.45) is 0 Å². The zero-order valence-corrected chi connectivity index (χ0v) is 11.6. The Bertz CT molecular complexity index is 253. The quantitative estimate of drug-likeness (QED) is 0.622. The number of hydrogen-bond acceptors (Lipinski definition) is 1. The Kier molecular flexibility index (Phi) is 5.13. The van der Waals surface area contributed by atoms with Crippen molar-refractivity contribution >= 4 is 0 Å². The first-order chi connectivity index (χ1) is 6.75. The molecular formula is C14H27N. The lowest BCUT2D eigenvalue weighted by atomic mass is 10.00. The van der Waals surface area contributed by atoms with E-state index in [1.165, 1.54) is 16.8 Å². The van der Waals surface area contributed by atoms with Crippen LogP contribution < -0.4 is 0 Å². The fourth-order valence-corrected chi connectivity index (χ4v) is 1.97. The molecule has 0 aliphatic carbocycles. The molecule has 0 N–H and O–H groups in total. The molecule has 0 saturated carbocycles. The van der Waals surface area contributed by atoms with E-state index < -0.39 is 0 Å². The number of hydrogen-bond donors (Lipinski definition) is 0. The zero-order chi connectivity index (χ0) is 12.2. The Morgan fingerprint density at radius 2 is 1.60 bits per heavy atom. The van der Waals surface area contributed by atoms with Crippen LogP contribution in [0.1, 0.15) is 54.9 Å². The number of rotatable bonds is 4. The summed E-state index contributed by atoms with van der Waals surface area (Å²) >= 11 is 0. The molecule has 0 heterocycles. The van der Waals surface area contributed by atoms with Crippen molar-refractivity contribution in [1.82, 2.24) is 4.90 Å². The Morgan fingerprint density at radius 3 is 1.80 bits per heavy atom. The lowest BCUT2D eigenvalue weighted by Gasteiger charge is -2.39. The second-order valence-corrected chi connectivity index (χ2v) is 5.12. The van der Waals surface area contributed by atoms with Gasteiger partial charge in [-0.3, -0.25) is 0 Å². The van der Waals surface area contributed by atoms with Gasteiger partial charge in [-0.2, -0.15) is 0 Å². The van der Waals surface area contributed by atoms with E-state index in [1.807, 2.05) is 0 Å². The second-order valence-electron chi connectivity index (χ2n) is 5.12.